The molecule has 1 fully saturated rings. The van der Waals surface area contributed by atoms with E-state index in [4.69, 9.17) is 0 Å². The summed E-state index contributed by atoms with van der Waals surface area (Å²) in [7, 11) is 1.95. The highest BCUT2D eigenvalue weighted by Gasteiger charge is 2.25. The zero-order valence-electron chi connectivity index (χ0n) is 14.7. The minimum Gasteiger partial charge on any atom is -0.357 e. The minimum absolute atomic E-state index is 0.0435. The van der Waals surface area contributed by atoms with Gasteiger partial charge in [0, 0.05) is 43.6 Å². The second-order valence-corrected chi connectivity index (χ2v) is 6.66. The molecule has 0 atom stereocenters. The van der Waals surface area contributed by atoms with Crippen molar-refractivity contribution in [3.05, 3.63) is 52.1 Å². The molecule has 4 rings (SSSR count). The number of aromatic nitrogens is 4. The average Bonchev–Trinajstić information content (AvgIpc) is 3.12. The summed E-state index contributed by atoms with van der Waals surface area (Å²) in [6, 6.07) is 8.29. The predicted molar refractivity (Wildman–Crippen MR) is 98.3 cm³/mol. The van der Waals surface area contributed by atoms with Crippen LogP contribution in [0.5, 0.6) is 0 Å². The monoisotopic (exact) mass is 363 g/mol. The summed E-state index contributed by atoms with van der Waals surface area (Å²) >= 11 is 0. The number of piperidine rings is 1. The number of non-ortho nitro benzene ring substituents is 1. The molecule has 9 heteroatoms. The van der Waals surface area contributed by atoms with E-state index in [-0.39, 0.29) is 5.69 Å². The summed E-state index contributed by atoms with van der Waals surface area (Å²) < 4.78 is 1.95. The molecule has 0 unspecified atom stereocenters. The Morgan fingerprint density at radius 1 is 1.30 bits per heavy atom. The van der Waals surface area contributed by atoms with E-state index in [2.05, 4.69) is 26.2 Å². The van der Waals surface area contributed by atoms with Crippen molar-refractivity contribution < 1.29 is 4.92 Å². The van der Waals surface area contributed by atoms with Gasteiger partial charge in [0.2, 0.25) is 0 Å². The number of nitrogens with zero attached hydrogens (tertiary/aromatic N) is 7. The number of fused-ring (bicyclic) bond motifs is 1. The van der Waals surface area contributed by atoms with E-state index < -0.39 is 4.92 Å². The Labute approximate surface area is 155 Å². The molecule has 9 nitrogen and oxygen atoms in total. The molecule has 0 aliphatic carbocycles. The normalized spacial score (nSPS) is 15.0. The maximum Gasteiger partial charge on any atom is 0.270 e. The molecule has 1 saturated heterocycles. The Morgan fingerprint density at radius 3 is 2.70 bits per heavy atom. The van der Waals surface area contributed by atoms with Crippen molar-refractivity contribution in [3.63, 3.8) is 0 Å². The highest BCUT2D eigenvalue weighted by Crippen LogP contribution is 2.31. The zero-order chi connectivity index (χ0) is 19.0. The third kappa shape index (κ3) is 3.06. The number of aryl methyl sites for hydroxylation is 1. The Hall–Kier alpha value is -3.54. The standard InChI is InChI=1S/C18H17N7O2/c1-23-11-20-22-18(23)12-4-6-24(7-5-12)17-8-13(10-19)15-9-14(25(26)27)2-3-16(15)21-17/h2-3,8-9,11-12H,4-7H2,1H3. The van der Waals surface area contributed by atoms with E-state index in [1.54, 1.807) is 18.5 Å². The first-order chi connectivity index (χ1) is 13.1. The first-order valence-corrected chi connectivity index (χ1v) is 8.65. The third-order valence-electron chi connectivity index (χ3n) is 5.04. The number of nitro groups is 1. The van der Waals surface area contributed by atoms with Gasteiger partial charge in [-0.3, -0.25) is 10.1 Å². The Balaban J connectivity index is 1.61. The quantitative estimate of drug-likeness (QED) is 0.519. The molecule has 0 spiro atoms. The molecule has 0 bridgehead atoms. The zero-order valence-corrected chi connectivity index (χ0v) is 14.7. The van der Waals surface area contributed by atoms with Gasteiger partial charge in [0.05, 0.1) is 22.1 Å². The number of nitro benzene ring substituents is 1. The number of benzene rings is 1. The highest BCUT2D eigenvalue weighted by atomic mass is 16.6. The van der Waals surface area contributed by atoms with Crippen molar-refractivity contribution in [2.45, 2.75) is 18.8 Å². The van der Waals surface area contributed by atoms with Crippen LogP contribution in [-0.2, 0) is 7.05 Å². The van der Waals surface area contributed by atoms with Crippen molar-refractivity contribution >= 4 is 22.4 Å². The van der Waals surface area contributed by atoms with E-state index in [1.165, 1.54) is 12.1 Å². The van der Waals surface area contributed by atoms with Gasteiger partial charge in [0.25, 0.3) is 5.69 Å². The Morgan fingerprint density at radius 2 is 2.07 bits per heavy atom. The second-order valence-electron chi connectivity index (χ2n) is 6.66. The summed E-state index contributed by atoms with van der Waals surface area (Å²) in [5.74, 6) is 2.07. The SMILES string of the molecule is Cn1cnnc1C1CCN(c2cc(C#N)c3cc([N+](=O)[O-])ccc3n2)CC1. The molecule has 3 aromatic rings. The van der Waals surface area contributed by atoms with Crippen LogP contribution in [0.4, 0.5) is 11.5 Å². The molecule has 27 heavy (non-hydrogen) atoms. The van der Waals surface area contributed by atoms with Gasteiger partial charge in [-0.1, -0.05) is 0 Å². The molecule has 1 aliphatic rings. The van der Waals surface area contributed by atoms with Crippen molar-refractivity contribution in [2.75, 3.05) is 18.0 Å². The minimum atomic E-state index is -0.467. The molecular formula is C18H17N7O2. The van der Waals surface area contributed by atoms with Crippen LogP contribution in [0.3, 0.4) is 0 Å². The maximum atomic E-state index is 11.0. The molecular weight excluding hydrogens is 346 g/mol. The third-order valence-corrected chi connectivity index (χ3v) is 5.04. The Kier molecular flexibility index (Phi) is 4.16. The molecule has 2 aromatic heterocycles. The van der Waals surface area contributed by atoms with E-state index in [9.17, 15) is 15.4 Å². The van der Waals surface area contributed by atoms with Crippen molar-refractivity contribution in [3.8, 4) is 6.07 Å². The van der Waals surface area contributed by atoms with Gasteiger partial charge in [0.1, 0.15) is 18.0 Å². The van der Waals surface area contributed by atoms with Gasteiger partial charge in [-0.2, -0.15) is 5.26 Å². The maximum absolute atomic E-state index is 11.0. The van der Waals surface area contributed by atoms with Gasteiger partial charge in [-0.25, -0.2) is 4.98 Å². The van der Waals surface area contributed by atoms with Crippen molar-refractivity contribution in [1.82, 2.24) is 19.7 Å². The summed E-state index contributed by atoms with van der Waals surface area (Å²) in [4.78, 5) is 17.3. The summed E-state index contributed by atoms with van der Waals surface area (Å²) in [5, 5.41) is 29.2. The lowest BCUT2D eigenvalue weighted by Crippen LogP contribution is -2.34. The number of rotatable bonds is 3. The fourth-order valence-corrected chi connectivity index (χ4v) is 3.60. The van der Waals surface area contributed by atoms with Crippen LogP contribution in [0.25, 0.3) is 10.9 Å². The topological polar surface area (TPSA) is 114 Å². The van der Waals surface area contributed by atoms with Crippen molar-refractivity contribution in [2.24, 2.45) is 7.05 Å². The lowest BCUT2D eigenvalue weighted by Gasteiger charge is -2.32. The van der Waals surface area contributed by atoms with Crippen LogP contribution in [0, 0.1) is 21.4 Å². The summed E-state index contributed by atoms with van der Waals surface area (Å²) in [6.07, 6.45) is 3.56. The highest BCUT2D eigenvalue weighted by molar-refractivity contribution is 5.88. The molecule has 0 amide bonds. The number of anilines is 1. The molecule has 3 heterocycles. The second kappa shape index (κ2) is 6.64. The molecule has 0 radical (unpaired) electrons. The number of nitriles is 1. The Bertz CT molecular complexity index is 1060. The van der Waals surface area contributed by atoms with Crippen LogP contribution >= 0.6 is 0 Å². The number of pyridine rings is 1. The first-order valence-electron chi connectivity index (χ1n) is 8.65. The molecule has 1 aromatic carbocycles. The molecule has 0 N–H and O–H groups in total. The molecule has 0 saturated carbocycles. The van der Waals surface area contributed by atoms with Crippen LogP contribution in [0.15, 0.2) is 30.6 Å². The number of hydrogen-bond acceptors (Lipinski definition) is 7. The van der Waals surface area contributed by atoms with Gasteiger partial charge in [-0.15, -0.1) is 10.2 Å². The van der Waals surface area contributed by atoms with Crippen molar-refractivity contribution in [1.29, 1.82) is 5.26 Å². The predicted octanol–water partition coefficient (Wildman–Crippen LogP) is 2.53. The van der Waals surface area contributed by atoms with E-state index in [0.29, 0.717) is 22.4 Å². The van der Waals surface area contributed by atoms with Crippen LogP contribution in [-0.4, -0.2) is 37.8 Å². The van der Waals surface area contributed by atoms with Crippen LogP contribution in [0.2, 0.25) is 0 Å². The van der Waals surface area contributed by atoms with Gasteiger partial charge in [0.15, 0.2) is 0 Å². The van der Waals surface area contributed by atoms with Crippen LogP contribution < -0.4 is 4.90 Å². The summed E-state index contributed by atoms with van der Waals surface area (Å²) in [6.45, 7) is 1.60. The van der Waals surface area contributed by atoms with Crippen LogP contribution in [0.1, 0.15) is 30.1 Å². The first kappa shape index (κ1) is 16.9. The lowest BCUT2D eigenvalue weighted by molar-refractivity contribution is -0.384. The van der Waals surface area contributed by atoms with E-state index in [0.717, 1.165) is 37.6 Å². The van der Waals surface area contributed by atoms with Gasteiger partial charge in [-0.05, 0) is 25.0 Å². The fraction of sp³-hybridized carbons (Fsp3) is 0.333. The van der Waals surface area contributed by atoms with Gasteiger partial charge >= 0.3 is 0 Å². The van der Waals surface area contributed by atoms with Gasteiger partial charge < -0.3 is 9.47 Å². The van der Waals surface area contributed by atoms with E-state index in [1.807, 2.05) is 11.6 Å². The fourth-order valence-electron chi connectivity index (χ4n) is 3.60. The molecule has 1 aliphatic heterocycles. The lowest BCUT2D eigenvalue weighted by atomic mass is 9.96. The largest absolute Gasteiger partial charge is 0.357 e. The number of hydrogen-bond donors (Lipinski definition) is 0. The van der Waals surface area contributed by atoms with E-state index >= 15 is 0 Å². The average molecular weight is 363 g/mol. The summed E-state index contributed by atoms with van der Waals surface area (Å²) in [5.41, 5.74) is 0.942. The molecule has 136 valence electrons. The smallest absolute Gasteiger partial charge is 0.270 e.